The summed E-state index contributed by atoms with van der Waals surface area (Å²) in [5.74, 6) is 0. The lowest BCUT2D eigenvalue weighted by Gasteiger charge is -2.21. The van der Waals surface area contributed by atoms with Gasteiger partial charge in [-0.3, -0.25) is 0 Å². The number of carbonyl (C=O) groups excluding carboxylic acids is 1. The second kappa shape index (κ2) is 6.45. The second-order valence-electron chi connectivity index (χ2n) is 4.37. The van der Waals surface area contributed by atoms with Crippen molar-refractivity contribution in [2.45, 2.75) is 39.3 Å². The Labute approximate surface area is 91.6 Å². The van der Waals surface area contributed by atoms with E-state index in [9.17, 15) is 4.79 Å². The molecule has 88 valence electrons. The molecule has 1 amide bonds. The highest BCUT2D eigenvalue weighted by molar-refractivity contribution is 5.68. The van der Waals surface area contributed by atoms with Crippen LogP contribution in [0.5, 0.6) is 0 Å². The van der Waals surface area contributed by atoms with Gasteiger partial charge in [-0.05, 0) is 27.7 Å². The van der Waals surface area contributed by atoms with E-state index in [1.807, 2.05) is 27.7 Å². The van der Waals surface area contributed by atoms with Gasteiger partial charge in [-0.15, -0.1) is 6.58 Å². The Morgan fingerprint density at radius 3 is 2.60 bits per heavy atom. The minimum absolute atomic E-state index is 0.0696. The lowest BCUT2D eigenvalue weighted by molar-refractivity contribution is 0.0466. The van der Waals surface area contributed by atoms with E-state index in [0.29, 0.717) is 13.2 Å². The zero-order valence-electron chi connectivity index (χ0n) is 10.0. The molecule has 0 saturated carbocycles. The summed E-state index contributed by atoms with van der Waals surface area (Å²) in [6.45, 7) is 11.8. The molecule has 4 nitrogen and oxygen atoms in total. The molecule has 0 aliphatic rings. The highest BCUT2D eigenvalue weighted by Crippen LogP contribution is 2.06. The van der Waals surface area contributed by atoms with Crippen LogP contribution in [-0.4, -0.2) is 30.9 Å². The van der Waals surface area contributed by atoms with E-state index in [0.717, 1.165) is 0 Å². The van der Waals surface area contributed by atoms with E-state index in [1.54, 1.807) is 6.08 Å². The van der Waals surface area contributed by atoms with Crippen LogP contribution >= 0.6 is 0 Å². The number of nitrogens with one attached hydrogen (secondary N) is 1. The van der Waals surface area contributed by atoms with Gasteiger partial charge in [-0.1, -0.05) is 6.08 Å². The maximum atomic E-state index is 11.3. The first-order chi connectivity index (χ1) is 6.85. The van der Waals surface area contributed by atoms with Crippen molar-refractivity contribution < 1.29 is 14.3 Å². The molecule has 4 heteroatoms. The molecular formula is C11H21NO3. The third kappa shape index (κ3) is 9.28. The Hall–Kier alpha value is -1.03. The van der Waals surface area contributed by atoms with Crippen molar-refractivity contribution in [2.24, 2.45) is 0 Å². The fraction of sp³-hybridized carbons (Fsp3) is 0.727. The maximum absolute atomic E-state index is 11.3. The Morgan fingerprint density at radius 1 is 1.53 bits per heavy atom. The fourth-order valence-corrected chi connectivity index (χ4v) is 0.879. The molecule has 0 heterocycles. The van der Waals surface area contributed by atoms with Crippen LogP contribution < -0.4 is 5.32 Å². The Kier molecular flexibility index (Phi) is 6.01. The third-order valence-corrected chi connectivity index (χ3v) is 1.37. The molecule has 0 saturated heterocycles. The summed E-state index contributed by atoms with van der Waals surface area (Å²) < 4.78 is 10.3. The normalized spacial score (nSPS) is 13.1. The number of alkyl carbamates (subject to hydrolysis) is 1. The summed E-state index contributed by atoms with van der Waals surface area (Å²) >= 11 is 0. The molecular weight excluding hydrogens is 194 g/mol. The second-order valence-corrected chi connectivity index (χ2v) is 4.37. The van der Waals surface area contributed by atoms with E-state index in [4.69, 9.17) is 9.47 Å². The molecule has 0 rings (SSSR count). The van der Waals surface area contributed by atoms with Gasteiger partial charge in [0, 0.05) is 0 Å². The molecule has 15 heavy (non-hydrogen) atoms. The van der Waals surface area contributed by atoms with Crippen LogP contribution in [-0.2, 0) is 9.47 Å². The minimum atomic E-state index is -0.466. The predicted octanol–water partition coefficient (Wildman–Crippen LogP) is 2.10. The lowest BCUT2D eigenvalue weighted by atomic mass is 10.2. The fourth-order valence-electron chi connectivity index (χ4n) is 0.879. The van der Waals surface area contributed by atoms with Crippen molar-refractivity contribution in [3.8, 4) is 0 Å². The summed E-state index contributed by atoms with van der Waals surface area (Å²) in [5.41, 5.74) is -0.466. The molecule has 0 spiro atoms. The van der Waals surface area contributed by atoms with Crippen LogP contribution in [0.3, 0.4) is 0 Å². The van der Waals surface area contributed by atoms with E-state index < -0.39 is 11.7 Å². The van der Waals surface area contributed by atoms with Crippen molar-refractivity contribution in [3.63, 3.8) is 0 Å². The van der Waals surface area contributed by atoms with Gasteiger partial charge in [-0.25, -0.2) is 4.79 Å². The van der Waals surface area contributed by atoms with Crippen LogP contribution in [0.1, 0.15) is 27.7 Å². The summed E-state index contributed by atoms with van der Waals surface area (Å²) in [4.78, 5) is 11.3. The standard InChI is InChI=1S/C11H21NO3/c1-6-7-14-8-9(2)12-10(13)15-11(3,4)5/h6,9H,1,7-8H2,2-5H3,(H,12,13). The van der Waals surface area contributed by atoms with Crippen molar-refractivity contribution in [3.05, 3.63) is 12.7 Å². The average molecular weight is 215 g/mol. The van der Waals surface area contributed by atoms with Crippen molar-refractivity contribution in [1.29, 1.82) is 0 Å². The third-order valence-electron chi connectivity index (χ3n) is 1.37. The molecule has 0 aromatic rings. The van der Waals surface area contributed by atoms with E-state index in [-0.39, 0.29) is 6.04 Å². The van der Waals surface area contributed by atoms with Gasteiger partial charge in [0.05, 0.1) is 19.3 Å². The Balaban J connectivity index is 3.71. The molecule has 0 radical (unpaired) electrons. The number of hydrogen-bond acceptors (Lipinski definition) is 3. The highest BCUT2D eigenvalue weighted by Gasteiger charge is 2.17. The largest absolute Gasteiger partial charge is 0.444 e. The predicted molar refractivity (Wildman–Crippen MR) is 59.8 cm³/mol. The summed E-state index contributed by atoms with van der Waals surface area (Å²) in [6.07, 6.45) is 1.25. The Morgan fingerprint density at radius 2 is 2.13 bits per heavy atom. The number of rotatable bonds is 5. The number of carbonyl (C=O) groups is 1. The van der Waals surface area contributed by atoms with Crippen LogP contribution in [0.15, 0.2) is 12.7 Å². The topological polar surface area (TPSA) is 47.6 Å². The number of amides is 1. The first-order valence-corrected chi connectivity index (χ1v) is 5.03. The zero-order chi connectivity index (χ0) is 11.9. The molecule has 0 fully saturated rings. The minimum Gasteiger partial charge on any atom is -0.444 e. The van der Waals surface area contributed by atoms with Gasteiger partial charge in [0.15, 0.2) is 0 Å². The zero-order valence-corrected chi connectivity index (χ0v) is 10.0. The van der Waals surface area contributed by atoms with Crippen molar-refractivity contribution >= 4 is 6.09 Å². The number of ether oxygens (including phenoxy) is 2. The smallest absolute Gasteiger partial charge is 0.407 e. The first-order valence-electron chi connectivity index (χ1n) is 5.03. The van der Waals surface area contributed by atoms with Gasteiger partial charge < -0.3 is 14.8 Å². The molecule has 1 unspecified atom stereocenters. The summed E-state index contributed by atoms with van der Waals surface area (Å²) in [6, 6.07) is -0.0696. The highest BCUT2D eigenvalue weighted by atomic mass is 16.6. The van der Waals surface area contributed by atoms with E-state index in [2.05, 4.69) is 11.9 Å². The number of hydrogen-bond donors (Lipinski definition) is 1. The molecule has 1 N–H and O–H groups in total. The maximum Gasteiger partial charge on any atom is 0.407 e. The quantitative estimate of drug-likeness (QED) is 0.564. The molecule has 1 atom stereocenters. The molecule has 0 aromatic heterocycles. The van der Waals surface area contributed by atoms with Crippen LogP contribution in [0.2, 0.25) is 0 Å². The molecule has 0 aromatic carbocycles. The molecule has 0 bridgehead atoms. The van der Waals surface area contributed by atoms with E-state index >= 15 is 0 Å². The first kappa shape index (κ1) is 14.0. The van der Waals surface area contributed by atoms with Crippen molar-refractivity contribution in [1.82, 2.24) is 5.32 Å². The van der Waals surface area contributed by atoms with Crippen LogP contribution in [0, 0.1) is 0 Å². The van der Waals surface area contributed by atoms with Gasteiger partial charge in [0.1, 0.15) is 5.60 Å². The summed E-state index contributed by atoms with van der Waals surface area (Å²) in [7, 11) is 0. The van der Waals surface area contributed by atoms with Crippen molar-refractivity contribution in [2.75, 3.05) is 13.2 Å². The van der Waals surface area contributed by atoms with Crippen LogP contribution in [0.25, 0.3) is 0 Å². The van der Waals surface area contributed by atoms with Gasteiger partial charge in [0.25, 0.3) is 0 Å². The SMILES string of the molecule is C=CCOCC(C)NC(=O)OC(C)(C)C. The van der Waals surface area contributed by atoms with Gasteiger partial charge >= 0.3 is 6.09 Å². The lowest BCUT2D eigenvalue weighted by Crippen LogP contribution is -2.39. The average Bonchev–Trinajstić information content (AvgIpc) is 2.00. The monoisotopic (exact) mass is 215 g/mol. The van der Waals surface area contributed by atoms with Gasteiger partial charge in [0.2, 0.25) is 0 Å². The molecule has 0 aliphatic heterocycles. The summed E-state index contributed by atoms with van der Waals surface area (Å²) in [5, 5.41) is 2.67. The Bertz CT molecular complexity index is 208. The van der Waals surface area contributed by atoms with Gasteiger partial charge in [-0.2, -0.15) is 0 Å². The molecule has 0 aliphatic carbocycles. The van der Waals surface area contributed by atoms with Crippen LogP contribution in [0.4, 0.5) is 4.79 Å². The van der Waals surface area contributed by atoms with E-state index in [1.165, 1.54) is 0 Å².